The summed E-state index contributed by atoms with van der Waals surface area (Å²) in [5, 5.41) is 0. The van der Waals surface area contributed by atoms with Gasteiger partial charge in [0, 0.05) is 23.4 Å². The van der Waals surface area contributed by atoms with Crippen LogP contribution in [-0.2, 0) is 0 Å². The highest BCUT2D eigenvalue weighted by atomic mass is 16.7. The van der Waals surface area contributed by atoms with Crippen LogP contribution in [0.4, 0.5) is 0 Å². The summed E-state index contributed by atoms with van der Waals surface area (Å²) in [6, 6.07) is 5.95. The number of ether oxygens (including phenoxy) is 2. The van der Waals surface area contributed by atoms with Crippen molar-refractivity contribution < 1.29 is 9.47 Å². The summed E-state index contributed by atoms with van der Waals surface area (Å²) in [7, 11) is 0. The van der Waals surface area contributed by atoms with Gasteiger partial charge in [-0.3, -0.25) is 0 Å². The number of fused-ring (bicyclic) bond motifs is 1. The van der Waals surface area contributed by atoms with Crippen molar-refractivity contribution in [1.82, 2.24) is 9.97 Å². The number of aryl methyl sites for hydroxylation is 1. The topological polar surface area (TPSA) is 44.2 Å². The highest BCUT2D eigenvalue weighted by Crippen LogP contribution is 2.39. The third kappa shape index (κ3) is 1.84. The molecule has 1 saturated carbocycles. The average molecular weight is 254 g/mol. The van der Waals surface area contributed by atoms with Gasteiger partial charge < -0.3 is 9.47 Å². The first-order valence-electron chi connectivity index (χ1n) is 6.55. The third-order valence-corrected chi connectivity index (χ3v) is 3.62. The van der Waals surface area contributed by atoms with Crippen molar-refractivity contribution in [2.45, 2.75) is 25.7 Å². The van der Waals surface area contributed by atoms with E-state index in [0.29, 0.717) is 12.7 Å². The maximum Gasteiger partial charge on any atom is 0.231 e. The Labute approximate surface area is 111 Å². The van der Waals surface area contributed by atoms with E-state index in [1.807, 2.05) is 31.3 Å². The van der Waals surface area contributed by atoms with Crippen LogP contribution in [-0.4, -0.2) is 16.8 Å². The fraction of sp³-hybridized carbons (Fsp3) is 0.333. The molecule has 1 aliphatic carbocycles. The molecule has 0 radical (unpaired) electrons. The van der Waals surface area contributed by atoms with Gasteiger partial charge >= 0.3 is 0 Å². The highest BCUT2D eigenvalue weighted by molar-refractivity contribution is 5.68. The normalized spacial score (nSPS) is 16.7. The van der Waals surface area contributed by atoms with Gasteiger partial charge in [0.1, 0.15) is 5.82 Å². The number of hydrogen-bond acceptors (Lipinski definition) is 4. The van der Waals surface area contributed by atoms with E-state index in [1.165, 1.54) is 12.8 Å². The number of nitrogens with zero attached hydrogens (tertiary/aromatic N) is 2. The maximum absolute atomic E-state index is 5.41. The Kier molecular flexibility index (Phi) is 2.24. The summed E-state index contributed by atoms with van der Waals surface area (Å²) in [6.45, 7) is 2.34. The van der Waals surface area contributed by atoms with Gasteiger partial charge in [-0.2, -0.15) is 0 Å². The van der Waals surface area contributed by atoms with Crippen molar-refractivity contribution in [3.05, 3.63) is 35.9 Å². The predicted octanol–water partition coefficient (Wildman–Crippen LogP) is 3.06. The van der Waals surface area contributed by atoms with Gasteiger partial charge in [-0.1, -0.05) is 6.07 Å². The molecule has 0 amide bonds. The molecule has 0 bridgehead atoms. The molecular formula is C15H14N2O2. The Morgan fingerprint density at radius 2 is 2.00 bits per heavy atom. The van der Waals surface area contributed by atoms with Gasteiger partial charge in [-0.05, 0) is 37.5 Å². The molecule has 1 fully saturated rings. The van der Waals surface area contributed by atoms with Crippen LogP contribution in [0.5, 0.6) is 11.5 Å². The van der Waals surface area contributed by atoms with E-state index in [9.17, 15) is 0 Å². The zero-order valence-electron chi connectivity index (χ0n) is 10.7. The van der Waals surface area contributed by atoms with Crippen molar-refractivity contribution >= 4 is 0 Å². The molecule has 2 heterocycles. The second-order valence-corrected chi connectivity index (χ2v) is 5.07. The molecule has 0 spiro atoms. The first-order chi connectivity index (χ1) is 9.31. The van der Waals surface area contributed by atoms with E-state index in [1.54, 1.807) is 0 Å². The summed E-state index contributed by atoms with van der Waals surface area (Å²) in [5.41, 5.74) is 3.16. The van der Waals surface area contributed by atoms with Crippen LogP contribution in [0.25, 0.3) is 11.1 Å². The van der Waals surface area contributed by atoms with Crippen LogP contribution < -0.4 is 9.47 Å². The molecule has 1 aliphatic heterocycles. The number of hydrogen-bond donors (Lipinski definition) is 0. The minimum absolute atomic E-state index is 0.300. The van der Waals surface area contributed by atoms with Crippen LogP contribution >= 0.6 is 0 Å². The lowest BCUT2D eigenvalue weighted by Crippen LogP contribution is -1.97. The predicted molar refractivity (Wildman–Crippen MR) is 70.3 cm³/mol. The molecular weight excluding hydrogens is 240 g/mol. The molecule has 0 saturated heterocycles. The van der Waals surface area contributed by atoms with Gasteiger partial charge in [-0.15, -0.1) is 0 Å². The van der Waals surface area contributed by atoms with Crippen LogP contribution in [0.1, 0.15) is 30.3 Å². The molecule has 96 valence electrons. The number of aromatic nitrogens is 2. The van der Waals surface area contributed by atoms with Gasteiger partial charge in [0.25, 0.3) is 0 Å². The van der Waals surface area contributed by atoms with Gasteiger partial charge in [0.05, 0.1) is 0 Å². The molecule has 0 unspecified atom stereocenters. The Balaban J connectivity index is 1.75. The fourth-order valence-electron chi connectivity index (χ4n) is 2.37. The summed E-state index contributed by atoms with van der Waals surface area (Å²) >= 11 is 0. The van der Waals surface area contributed by atoms with Gasteiger partial charge in [0.15, 0.2) is 11.5 Å². The smallest absolute Gasteiger partial charge is 0.231 e. The summed E-state index contributed by atoms with van der Waals surface area (Å²) in [6.07, 6.45) is 4.37. The zero-order valence-corrected chi connectivity index (χ0v) is 10.7. The lowest BCUT2D eigenvalue weighted by molar-refractivity contribution is 0.174. The largest absolute Gasteiger partial charge is 0.454 e. The fourth-order valence-corrected chi connectivity index (χ4v) is 2.37. The molecule has 1 aromatic carbocycles. The second kappa shape index (κ2) is 3.95. The van der Waals surface area contributed by atoms with E-state index in [-0.39, 0.29) is 0 Å². The molecule has 4 rings (SSSR count). The quantitative estimate of drug-likeness (QED) is 0.826. The minimum atomic E-state index is 0.300. The van der Waals surface area contributed by atoms with Crippen LogP contribution in [0.15, 0.2) is 24.4 Å². The Morgan fingerprint density at radius 1 is 1.16 bits per heavy atom. The first-order valence-corrected chi connectivity index (χ1v) is 6.55. The van der Waals surface area contributed by atoms with Crippen LogP contribution in [0.2, 0.25) is 0 Å². The lowest BCUT2D eigenvalue weighted by atomic mass is 10.1. The molecule has 1 aromatic heterocycles. The third-order valence-electron chi connectivity index (χ3n) is 3.62. The molecule has 2 aliphatic rings. The average Bonchev–Trinajstić information content (AvgIpc) is 3.16. The van der Waals surface area contributed by atoms with Crippen molar-refractivity contribution in [2.75, 3.05) is 6.79 Å². The molecule has 0 N–H and O–H groups in total. The van der Waals surface area contributed by atoms with Crippen LogP contribution in [0, 0.1) is 6.92 Å². The number of benzene rings is 1. The monoisotopic (exact) mass is 254 g/mol. The molecule has 4 nitrogen and oxygen atoms in total. The van der Waals surface area contributed by atoms with Gasteiger partial charge in [-0.25, -0.2) is 9.97 Å². The molecule has 0 atom stereocenters. The van der Waals surface area contributed by atoms with E-state index in [4.69, 9.17) is 9.47 Å². The Hall–Kier alpha value is -2.10. The maximum atomic E-state index is 5.41. The van der Waals surface area contributed by atoms with Crippen molar-refractivity contribution in [3.8, 4) is 22.6 Å². The highest BCUT2D eigenvalue weighted by Gasteiger charge is 2.27. The Bertz CT molecular complexity index is 651. The SMILES string of the molecule is Cc1nc(C2CC2)ncc1-c1ccc2c(c1)OCO2. The van der Waals surface area contributed by atoms with Gasteiger partial charge in [0.2, 0.25) is 6.79 Å². The van der Waals surface area contributed by atoms with Crippen molar-refractivity contribution in [3.63, 3.8) is 0 Å². The number of rotatable bonds is 2. The zero-order chi connectivity index (χ0) is 12.8. The van der Waals surface area contributed by atoms with E-state index in [2.05, 4.69) is 9.97 Å². The Morgan fingerprint density at radius 3 is 2.79 bits per heavy atom. The minimum Gasteiger partial charge on any atom is -0.454 e. The second-order valence-electron chi connectivity index (χ2n) is 5.07. The van der Waals surface area contributed by atoms with E-state index < -0.39 is 0 Å². The van der Waals surface area contributed by atoms with E-state index >= 15 is 0 Å². The van der Waals surface area contributed by atoms with Crippen molar-refractivity contribution in [1.29, 1.82) is 0 Å². The summed E-state index contributed by atoms with van der Waals surface area (Å²) < 4.78 is 10.7. The van der Waals surface area contributed by atoms with E-state index in [0.717, 1.165) is 34.1 Å². The summed E-state index contributed by atoms with van der Waals surface area (Å²) in [5.74, 6) is 3.17. The lowest BCUT2D eigenvalue weighted by Gasteiger charge is -2.07. The first kappa shape index (κ1) is 10.8. The molecule has 4 heteroatoms. The standard InChI is InChI=1S/C15H14N2O2/c1-9-12(7-16-15(17-9)10-2-3-10)11-4-5-13-14(6-11)19-8-18-13/h4-7,10H,2-3,8H2,1H3. The molecule has 19 heavy (non-hydrogen) atoms. The van der Waals surface area contributed by atoms with Crippen LogP contribution in [0.3, 0.4) is 0 Å². The van der Waals surface area contributed by atoms with Crippen molar-refractivity contribution in [2.24, 2.45) is 0 Å². The molecule has 2 aromatic rings. The summed E-state index contributed by atoms with van der Waals surface area (Å²) in [4.78, 5) is 9.11.